The molecule has 1 amide bonds. The molecule has 0 aliphatic carbocycles. The van der Waals surface area contributed by atoms with Gasteiger partial charge in [0.2, 0.25) is 5.91 Å². The predicted octanol–water partition coefficient (Wildman–Crippen LogP) is 2.56. The van der Waals surface area contributed by atoms with Gasteiger partial charge in [-0.2, -0.15) is 0 Å². The number of carbonyl (C=O) groups is 1. The van der Waals surface area contributed by atoms with E-state index in [-0.39, 0.29) is 5.91 Å². The Morgan fingerprint density at radius 3 is 2.81 bits per heavy atom. The third-order valence-corrected chi connectivity index (χ3v) is 5.63. The highest BCUT2D eigenvalue weighted by Crippen LogP contribution is 2.32. The van der Waals surface area contributed by atoms with Gasteiger partial charge in [0.25, 0.3) is 0 Å². The van der Waals surface area contributed by atoms with Crippen LogP contribution in [0.1, 0.15) is 44.7 Å². The van der Waals surface area contributed by atoms with E-state index in [1.165, 1.54) is 18.0 Å². The summed E-state index contributed by atoms with van der Waals surface area (Å²) in [6.45, 7) is 4.68. The van der Waals surface area contributed by atoms with Crippen LogP contribution in [0.3, 0.4) is 0 Å². The fourth-order valence-corrected chi connectivity index (χ4v) is 4.28. The SMILES string of the molecule is CCC(=O)N1CCC[C@@H]1[C@H]1CCCN1Cc1nnsc1Cl. The van der Waals surface area contributed by atoms with Crippen LogP contribution in [-0.2, 0) is 11.3 Å². The smallest absolute Gasteiger partial charge is 0.222 e. The quantitative estimate of drug-likeness (QED) is 0.852. The normalized spacial score (nSPS) is 26.7. The average Bonchev–Trinajstić information content (AvgIpc) is 3.20. The highest BCUT2D eigenvalue weighted by Gasteiger charge is 2.39. The van der Waals surface area contributed by atoms with Gasteiger partial charge in [-0.15, -0.1) is 5.10 Å². The second kappa shape index (κ2) is 6.58. The van der Waals surface area contributed by atoms with E-state index in [1.54, 1.807) is 0 Å². The van der Waals surface area contributed by atoms with Gasteiger partial charge in [-0.05, 0) is 32.2 Å². The van der Waals surface area contributed by atoms with E-state index in [1.807, 2.05) is 6.92 Å². The van der Waals surface area contributed by atoms with Crippen LogP contribution >= 0.6 is 23.1 Å². The summed E-state index contributed by atoms with van der Waals surface area (Å²) >= 11 is 7.37. The summed E-state index contributed by atoms with van der Waals surface area (Å²) in [5, 5.41) is 4.12. The molecule has 0 unspecified atom stereocenters. The lowest BCUT2D eigenvalue weighted by molar-refractivity contribution is -0.132. The molecule has 2 saturated heterocycles. The summed E-state index contributed by atoms with van der Waals surface area (Å²) in [7, 11) is 0. The maximum atomic E-state index is 12.1. The number of halogens is 1. The van der Waals surface area contributed by atoms with Crippen LogP contribution in [-0.4, -0.2) is 50.5 Å². The van der Waals surface area contributed by atoms with E-state index in [0.29, 0.717) is 22.8 Å². The molecule has 1 aromatic heterocycles. The molecule has 5 nitrogen and oxygen atoms in total. The lowest BCUT2D eigenvalue weighted by Gasteiger charge is -2.34. The molecule has 3 heterocycles. The summed E-state index contributed by atoms with van der Waals surface area (Å²) < 4.78 is 4.60. The molecule has 2 aliphatic rings. The highest BCUT2D eigenvalue weighted by molar-refractivity contribution is 7.10. The number of likely N-dealkylation sites (tertiary alicyclic amines) is 2. The fraction of sp³-hybridized carbons (Fsp3) is 0.786. The number of amides is 1. The van der Waals surface area contributed by atoms with E-state index >= 15 is 0 Å². The van der Waals surface area contributed by atoms with Gasteiger partial charge in [0.15, 0.2) is 0 Å². The zero-order valence-corrected chi connectivity index (χ0v) is 13.9. The molecule has 2 fully saturated rings. The van der Waals surface area contributed by atoms with Crippen LogP contribution in [0.5, 0.6) is 0 Å². The lowest BCUT2D eigenvalue weighted by atomic mass is 10.0. The topological polar surface area (TPSA) is 49.3 Å². The van der Waals surface area contributed by atoms with Crippen molar-refractivity contribution in [1.29, 1.82) is 0 Å². The molecular formula is C14H21ClN4OS. The minimum atomic E-state index is 0.290. The van der Waals surface area contributed by atoms with Crippen molar-refractivity contribution in [2.24, 2.45) is 0 Å². The van der Waals surface area contributed by atoms with Crippen LogP contribution in [0.15, 0.2) is 0 Å². The van der Waals surface area contributed by atoms with Crippen LogP contribution in [0.2, 0.25) is 4.34 Å². The molecule has 3 rings (SSSR count). The molecular weight excluding hydrogens is 308 g/mol. The van der Waals surface area contributed by atoms with Crippen molar-refractivity contribution in [1.82, 2.24) is 19.4 Å². The minimum Gasteiger partial charge on any atom is -0.338 e. The second-order valence-corrected chi connectivity index (χ2v) is 7.18. The average molecular weight is 329 g/mol. The molecule has 2 atom stereocenters. The second-order valence-electron chi connectivity index (χ2n) is 5.82. The summed E-state index contributed by atoms with van der Waals surface area (Å²) in [5.74, 6) is 0.290. The molecule has 2 aliphatic heterocycles. The van der Waals surface area contributed by atoms with Crippen LogP contribution in [0, 0.1) is 0 Å². The number of hydrogen-bond donors (Lipinski definition) is 0. The highest BCUT2D eigenvalue weighted by atomic mass is 35.5. The standard InChI is InChI=1S/C14H21ClN4OS/c1-2-13(20)19-8-4-6-12(19)11-5-3-7-18(11)9-10-14(15)21-17-16-10/h11-12H,2-9H2,1H3/t11-,12-/m1/s1. The van der Waals surface area contributed by atoms with Gasteiger partial charge in [-0.25, -0.2) is 0 Å². The first-order valence-corrected chi connectivity index (χ1v) is 8.86. The Morgan fingerprint density at radius 1 is 1.33 bits per heavy atom. The van der Waals surface area contributed by atoms with E-state index in [0.717, 1.165) is 44.6 Å². The number of rotatable bonds is 4. The number of hydrogen-bond acceptors (Lipinski definition) is 5. The van der Waals surface area contributed by atoms with Crippen molar-refractivity contribution in [2.45, 2.75) is 57.7 Å². The van der Waals surface area contributed by atoms with E-state index in [9.17, 15) is 4.79 Å². The molecule has 7 heteroatoms. The number of nitrogens with zero attached hydrogens (tertiary/aromatic N) is 4. The van der Waals surface area contributed by atoms with Crippen LogP contribution < -0.4 is 0 Å². The Kier molecular flexibility index (Phi) is 4.76. The minimum absolute atomic E-state index is 0.290. The Bertz CT molecular complexity index is 509. The molecule has 0 saturated carbocycles. The van der Waals surface area contributed by atoms with Crippen molar-refractivity contribution < 1.29 is 4.79 Å². The number of aromatic nitrogens is 2. The molecule has 0 N–H and O–H groups in total. The third kappa shape index (κ3) is 3.07. The van der Waals surface area contributed by atoms with Gasteiger partial charge < -0.3 is 4.90 Å². The van der Waals surface area contributed by atoms with E-state index in [4.69, 9.17) is 11.6 Å². The van der Waals surface area contributed by atoms with Crippen molar-refractivity contribution >= 4 is 29.0 Å². The summed E-state index contributed by atoms with van der Waals surface area (Å²) in [5.41, 5.74) is 0.875. The van der Waals surface area contributed by atoms with Crippen molar-refractivity contribution in [2.75, 3.05) is 13.1 Å². The zero-order chi connectivity index (χ0) is 14.8. The first kappa shape index (κ1) is 15.2. The largest absolute Gasteiger partial charge is 0.338 e. The zero-order valence-electron chi connectivity index (χ0n) is 12.3. The maximum absolute atomic E-state index is 12.1. The summed E-state index contributed by atoms with van der Waals surface area (Å²) in [4.78, 5) is 16.7. The Hall–Kier alpha value is -0.720. The van der Waals surface area contributed by atoms with E-state index in [2.05, 4.69) is 19.4 Å². The Balaban J connectivity index is 1.71. The molecule has 1 aromatic rings. The summed E-state index contributed by atoms with van der Waals surface area (Å²) in [6, 6.07) is 0.811. The monoisotopic (exact) mass is 328 g/mol. The van der Waals surface area contributed by atoms with Gasteiger partial charge >= 0.3 is 0 Å². The van der Waals surface area contributed by atoms with Crippen molar-refractivity contribution in [3.63, 3.8) is 0 Å². The van der Waals surface area contributed by atoms with E-state index < -0.39 is 0 Å². The van der Waals surface area contributed by atoms with Gasteiger partial charge in [-0.3, -0.25) is 9.69 Å². The third-order valence-electron chi connectivity index (χ3n) is 4.64. The molecule has 21 heavy (non-hydrogen) atoms. The summed E-state index contributed by atoms with van der Waals surface area (Å²) in [6.07, 6.45) is 5.19. The molecule has 0 spiro atoms. The number of carbonyl (C=O) groups excluding carboxylic acids is 1. The van der Waals surface area contributed by atoms with Gasteiger partial charge in [0, 0.05) is 43.1 Å². The van der Waals surface area contributed by atoms with Crippen LogP contribution in [0.4, 0.5) is 0 Å². The first-order chi connectivity index (χ1) is 10.2. The Morgan fingerprint density at radius 2 is 2.10 bits per heavy atom. The lowest BCUT2D eigenvalue weighted by Crippen LogP contribution is -2.47. The van der Waals surface area contributed by atoms with Gasteiger partial charge in [0.05, 0.1) is 0 Å². The first-order valence-electron chi connectivity index (χ1n) is 7.71. The maximum Gasteiger partial charge on any atom is 0.222 e. The molecule has 116 valence electrons. The molecule has 0 radical (unpaired) electrons. The van der Waals surface area contributed by atoms with Crippen molar-refractivity contribution in [3.05, 3.63) is 10.0 Å². The molecule has 0 bridgehead atoms. The van der Waals surface area contributed by atoms with Crippen LogP contribution in [0.25, 0.3) is 0 Å². The predicted molar refractivity (Wildman–Crippen MR) is 83.4 cm³/mol. The Labute approximate surface area is 134 Å². The van der Waals surface area contributed by atoms with Crippen molar-refractivity contribution in [3.8, 4) is 0 Å². The van der Waals surface area contributed by atoms with Gasteiger partial charge in [0.1, 0.15) is 10.0 Å². The van der Waals surface area contributed by atoms with Gasteiger partial charge in [-0.1, -0.05) is 23.0 Å². The fourth-order valence-electron chi connectivity index (χ4n) is 3.67. The molecule has 0 aromatic carbocycles.